The number of esters is 1. The number of nitrogens with one attached hydrogen (secondary N) is 3. The van der Waals surface area contributed by atoms with Crippen molar-refractivity contribution >= 4 is 50.5 Å². The lowest BCUT2D eigenvalue weighted by atomic mass is 10.1. The molecule has 3 N–H and O–H groups in total. The molecule has 1 unspecified atom stereocenters. The van der Waals surface area contributed by atoms with Gasteiger partial charge < -0.3 is 29.7 Å². The second kappa shape index (κ2) is 15.3. The van der Waals surface area contributed by atoms with Crippen LogP contribution in [-0.4, -0.2) is 97.6 Å². The third-order valence-corrected chi connectivity index (χ3v) is 12.3. The van der Waals surface area contributed by atoms with E-state index < -0.39 is 80.9 Å². The second-order valence-corrected chi connectivity index (χ2v) is 16.4. The highest BCUT2D eigenvalue weighted by molar-refractivity contribution is 7.91. The van der Waals surface area contributed by atoms with Gasteiger partial charge in [0.15, 0.2) is 0 Å². The van der Waals surface area contributed by atoms with Gasteiger partial charge in [-0.3, -0.25) is 28.7 Å². The molecule has 5 atom stereocenters. The number of benzene rings is 2. The van der Waals surface area contributed by atoms with Crippen molar-refractivity contribution in [2.75, 3.05) is 20.8 Å². The van der Waals surface area contributed by atoms with E-state index in [-0.39, 0.29) is 25.8 Å². The van der Waals surface area contributed by atoms with Gasteiger partial charge >= 0.3 is 5.97 Å². The number of hydrogen-bond donors (Lipinski definition) is 3. The van der Waals surface area contributed by atoms with Crippen molar-refractivity contribution in [1.82, 2.24) is 25.2 Å². The normalized spacial score (nSPS) is 25.7. The Morgan fingerprint density at radius 3 is 2.56 bits per heavy atom. The van der Waals surface area contributed by atoms with Crippen LogP contribution in [0.4, 0.5) is 0 Å². The first kappa shape index (κ1) is 37.8. The Labute approximate surface area is 318 Å². The molecule has 2 aliphatic carbocycles. The van der Waals surface area contributed by atoms with Crippen LogP contribution < -0.4 is 24.8 Å². The summed E-state index contributed by atoms with van der Waals surface area (Å²) >= 11 is 0. The highest BCUT2D eigenvalue weighted by Gasteiger charge is 2.62. The Hall–Kier alpha value is -5.51. The molecule has 1 aromatic heterocycles. The van der Waals surface area contributed by atoms with E-state index in [0.717, 1.165) is 5.56 Å². The standard InChI is InChI=1S/C39H43N5O10S/c1-52-25-13-16-28-30(17-25)40-29(23-9-5-3-6-10-23)19-33(28)54-26-18-32-36(47)42-39(38(49)43-55(50,51)27-14-15-27)21-24(39)11-7-4-8-12-34(45)41-31(20-35(46)53-2)37(48)44(32)22-26/h3,5-7,9-11,13,16-17,19,24,26-27,31-32H,4,8,12,14-15,18,20-22H2,1-2H3,(H,41,45)(H,42,47)(H,43,49)/t24?,26-,31+,32+,39-/m1/s1. The average molecular weight is 774 g/mol. The van der Waals surface area contributed by atoms with Crippen molar-refractivity contribution in [1.29, 1.82) is 0 Å². The SMILES string of the molecule is COC(=O)C[C@@H]1NC(=O)CCCC=CC2C[C@@]2(C(=O)NS(=O)(=O)C2CC2)NC(=O)[C@@H]2C[C@@H](Oc3cc(-c4ccccc4)nc4cc(OC)ccc34)CN2C1=O. The fourth-order valence-electron chi connectivity index (χ4n) is 7.24. The molecule has 2 aliphatic heterocycles. The molecule has 15 nitrogen and oxygen atoms in total. The predicted molar refractivity (Wildman–Crippen MR) is 199 cm³/mol. The van der Waals surface area contributed by atoms with Crippen LogP contribution in [0.2, 0.25) is 0 Å². The second-order valence-electron chi connectivity index (χ2n) is 14.4. The number of nitrogens with zero attached hydrogens (tertiary/aromatic N) is 2. The largest absolute Gasteiger partial charge is 0.497 e. The van der Waals surface area contributed by atoms with Crippen molar-refractivity contribution in [2.24, 2.45) is 5.92 Å². The van der Waals surface area contributed by atoms with Gasteiger partial charge in [0.1, 0.15) is 35.2 Å². The van der Waals surface area contributed by atoms with E-state index in [2.05, 4.69) is 15.4 Å². The van der Waals surface area contributed by atoms with Crippen LogP contribution in [0.25, 0.3) is 22.2 Å². The molecular formula is C39H43N5O10S. The number of sulfonamides is 1. The molecule has 7 rings (SSSR count). The van der Waals surface area contributed by atoms with Crippen molar-refractivity contribution in [3.05, 3.63) is 66.7 Å². The van der Waals surface area contributed by atoms with E-state index in [4.69, 9.17) is 19.2 Å². The molecule has 1 saturated heterocycles. The molecule has 4 aliphatic rings. The van der Waals surface area contributed by atoms with Gasteiger partial charge in [-0.2, -0.15) is 0 Å². The monoisotopic (exact) mass is 773 g/mol. The Kier molecular flexibility index (Phi) is 10.5. The Morgan fingerprint density at radius 2 is 1.84 bits per heavy atom. The fraction of sp³-hybridized carbons (Fsp3) is 0.436. The number of ether oxygens (including phenoxy) is 3. The molecule has 3 heterocycles. The minimum absolute atomic E-state index is 0.0321. The summed E-state index contributed by atoms with van der Waals surface area (Å²) in [5.74, 6) is -2.98. The number of pyridine rings is 1. The van der Waals surface area contributed by atoms with Crippen LogP contribution in [-0.2, 0) is 38.7 Å². The summed E-state index contributed by atoms with van der Waals surface area (Å²) in [6.45, 7) is -0.121. The van der Waals surface area contributed by atoms with Crippen molar-refractivity contribution in [3.8, 4) is 22.8 Å². The molecule has 55 heavy (non-hydrogen) atoms. The van der Waals surface area contributed by atoms with E-state index in [1.807, 2.05) is 30.3 Å². The van der Waals surface area contributed by atoms with E-state index >= 15 is 0 Å². The van der Waals surface area contributed by atoms with Gasteiger partial charge in [-0.15, -0.1) is 0 Å². The number of aromatic nitrogens is 1. The number of hydrogen-bond acceptors (Lipinski definition) is 11. The molecule has 0 radical (unpaired) electrons. The van der Waals surface area contributed by atoms with Crippen LogP contribution in [0.15, 0.2) is 66.7 Å². The molecule has 2 saturated carbocycles. The molecule has 0 bridgehead atoms. The van der Waals surface area contributed by atoms with Gasteiger partial charge in [0.2, 0.25) is 27.7 Å². The average Bonchev–Trinajstić information content (AvgIpc) is 4.10. The number of fused-ring (bicyclic) bond motifs is 3. The van der Waals surface area contributed by atoms with Crippen molar-refractivity contribution in [3.63, 3.8) is 0 Å². The van der Waals surface area contributed by atoms with Crippen LogP contribution >= 0.6 is 0 Å². The van der Waals surface area contributed by atoms with Gasteiger partial charge in [-0.05, 0) is 44.2 Å². The Bertz CT molecular complexity index is 2160. The minimum atomic E-state index is -3.94. The summed E-state index contributed by atoms with van der Waals surface area (Å²) in [7, 11) is -1.21. The third kappa shape index (κ3) is 8.14. The topological polar surface area (TPSA) is 199 Å². The number of methoxy groups -OCH3 is 2. The van der Waals surface area contributed by atoms with Gasteiger partial charge in [0, 0.05) is 41.8 Å². The molecule has 4 amide bonds. The lowest BCUT2D eigenvalue weighted by Crippen LogP contribution is -2.58. The summed E-state index contributed by atoms with van der Waals surface area (Å²) in [6, 6.07) is 14.0. The first-order valence-corrected chi connectivity index (χ1v) is 19.9. The molecule has 290 valence electrons. The molecule has 3 aromatic rings. The Morgan fingerprint density at radius 1 is 1.05 bits per heavy atom. The highest BCUT2D eigenvalue weighted by Crippen LogP contribution is 2.46. The van der Waals surface area contributed by atoms with Crippen LogP contribution in [0.1, 0.15) is 51.4 Å². The maximum absolute atomic E-state index is 14.4. The molecule has 3 fully saturated rings. The molecule has 2 aromatic carbocycles. The summed E-state index contributed by atoms with van der Waals surface area (Å²) in [4.78, 5) is 74.1. The van der Waals surface area contributed by atoms with Gasteiger partial charge in [0.25, 0.3) is 5.91 Å². The zero-order valence-corrected chi connectivity index (χ0v) is 31.3. The van der Waals surface area contributed by atoms with Gasteiger partial charge in [-0.1, -0.05) is 42.5 Å². The number of carbonyl (C=O) groups is 5. The third-order valence-electron chi connectivity index (χ3n) is 10.5. The zero-order valence-electron chi connectivity index (χ0n) is 30.5. The maximum atomic E-state index is 14.4. The van der Waals surface area contributed by atoms with E-state index in [9.17, 15) is 32.4 Å². The van der Waals surface area contributed by atoms with E-state index in [1.165, 1.54) is 12.0 Å². The number of rotatable bonds is 9. The van der Waals surface area contributed by atoms with E-state index in [1.54, 1.807) is 43.5 Å². The van der Waals surface area contributed by atoms with Crippen LogP contribution in [0.5, 0.6) is 11.5 Å². The first-order chi connectivity index (χ1) is 26.4. The number of amides is 4. The lowest BCUT2D eigenvalue weighted by Gasteiger charge is -2.29. The predicted octanol–water partition coefficient (Wildman–Crippen LogP) is 2.53. The van der Waals surface area contributed by atoms with Crippen molar-refractivity contribution < 1.29 is 46.6 Å². The summed E-state index contributed by atoms with van der Waals surface area (Å²) < 4.78 is 44.8. The molecule has 16 heteroatoms. The van der Waals surface area contributed by atoms with Crippen LogP contribution in [0, 0.1) is 5.92 Å². The summed E-state index contributed by atoms with van der Waals surface area (Å²) in [5.41, 5.74) is 0.446. The van der Waals surface area contributed by atoms with E-state index in [0.29, 0.717) is 53.8 Å². The minimum Gasteiger partial charge on any atom is -0.497 e. The van der Waals surface area contributed by atoms with Crippen LogP contribution in [0.3, 0.4) is 0 Å². The fourth-order valence-corrected chi connectivity index (χ4v) is 8.60. The quantitative estimate of drug-likeness (QED) is 0.213. The smallest absolute Gasteiger partial charge is 0.308 e. The summed E-state index contributed by atoms with van der Waals surface area (Å²) in [6.07, 6.45) is 4.15. The first-order valence-electron chi connectivity index (χ1n) is 18.3. The van der Waals surface area contributed by atoms with Crippen molar-refractivity contribution in [2.45, 2.75) is 80.3 Å². The zero-order chi connectivity index (χ0) is 38.9. The lowest BCUT2D eigenvalue weighted by molar-refractivity contribution is -0.147. The molecule has 0 spiro atoms. The number of allylic oxidation sites excluding steroid dienone is 1. The van der Waals surface area contributed by atoms with Gasteiger partial charge in [-0.25, -0.2) is 13.4 Å². The highest BCUT2D eigenvalue weighted by atomic mass is 32.2. The number of carbonyl (C=O) groups excluding carboxylic acids is 5. The Balaban J connectivity index is 1.24. The van der Waals surface area contributed by atoms with Gasteiger partial charge in [0.05, 0.1) is 43.6 Å². The molecular weight excluding hydrogens is 731 g/mol. The maximum Gasteiger partial charge on any atom is 0.308 e. The summed E-state index contributed by atoms with van der Waals surface area (Å²) in [5, 5.41) is 5.47.